The van der Waals surface area contributed by atoms with E-state index in [0.29, 0.717) is 24.6 Å². The molecule has 0 atom stereocenters. The first-order valence-corrected chi connectivity index (χ1v) is 6.54. The van der Waals surface area contributed by atoms with E-state index >= 15 is 0 Å². The summed E-state index contributed by atoms with van der Waals surface area (Å²) in [4.78, 5) is 0. The summed E-state index contributed by atoms with van der Waals surface area (Å²) in [5.41, 5.74) is 2.97. The van der Waals surface area contributed by atoms with Gasteiger partial charge in [-0.1, -0.05) is 32.0 Å². The van der Waals surface area contributed by atoms with Gasteiger partial charge in [-0.25, -0.2) is 4.39 Å². The van der Waals surface area contributed by atoms with Crippen LogP contribution in [0.25, 0.3) is 0 Å². The standard InChI is InChI=1S/C15H20FN3/c1-11(2)15-13(10-19(3)18-15)9-17-8-12-6-4-5-7-14(12)16/h4-7,10-11,17H,8-9H2,1-3H3. The predicted octanol–water partition coefficient (Wildman–Crippen LogP) is 2.97. The number of nitrogens with zero attached hydrogens (tertiary/aromatic N) is 2. The predicted molar refractivity (Wildman–Crippen MR) is 74.2 cm³/mol. The van der Waals surface area contributed by atoms with Gasteiger partial charge in [0.1, 0.15) is 5.82 Å². The highest BCUT2D eigenvalue weighted by Crippen LogP contribution is 2.17. The SMILES string of the molecule is CC(C)c1nn(C)cc1CNCc1ccccc1F. The second kappa shape index (κ2) is 5.97. The van der Waals surface area contributed by atoms with Crippen molar-refractivity contribution in [2.75, 3.05) is 0 Å². The van der Waals surface area contributed by atoms with Crippen molar-refractivity contribution in [2.45, 2.75) is 32.9 Å². The molecule has 19 heavy (non-hydrogen) atoms. The molecule has 2 aromatic rings. The highest BCUT2D eigenvalue weighted by Gasteiger charge is 2.11. The molecule has 0 aliphatic rings. The first kappa shape index (κ1) is 13.7. The fourth-order valence-electron chi connectivity index (χ4n) is 2.15. The molecule has 0 fully saturated rings. The van der Waals surface area contributed by atoms with Gasteiger partial charge in [-0.3, -0.25) is 4.68 Å². The third kappa shape index (κ3) is 3.41. The molecule has 1 aromatic heterocycles. The Balaban J connectivity index is 1.98. The summed E-state index contributed by atoms with van der Waals surface area (Å²) in [6.45, 7) is 5.49. The molecule has 0 saturated heterocycles. The molecule has 0 unspecified atom stereocenters. The number of benzene rings is 1. The van der Waals surface area contributed by atoms with Crippen molar-refractivity contribution in [3.63, 3.8) is 0 Å². The van der Waals surface area contributed by atoms with Crippen LogP contribution in [0.4, 0.5) is 4.39 Å². The fourth-order valence-corrected chi connectivity index (χ4v) is 2.15. The van der Waals surface area contributed by atoms with E-state index in [9.17, 15) is 4.39 Å². The molecule has 0 aliphatic heterocycles. The monoisotopic (exact) mass is 261 g/mol. The van der Waals surface area contributed by atoms with Gasteiger partial charge in [0, 0.05) is 37.5 Å². The average Bonchev–Trinajstić information content (AvgIpc) is 2.73. The number of aromatic nitrogens is 2. The Labute approximate surface area is 113 Å². The van der Waals surface area contributed by atoms with Crippen LogP contribution in [0.1, 0.15) is 36.6 Å². The maximum Gasteiger partial charge on any atom is 0.127 e. The van der Waals surface area contributed by atoms with Crippen molar-refractivity contribution in [3.8, 4) is 0 Å². The number of nitrogens with one attached hydrogen (secondary N) is 1. The van der Waals surface area contributed by atoms with Crippen molar-refractivity contribution in [3.05, 3.63) is 53.1 Å². The molecule has 4 heteroatoms. The van der Waals surface area contributed by atoms with Gasteiger partial charge in [0.25, 0.3) is 0 Å². The second-order valence-electron chi connectivity index (χ2n) is 5.06. The van der Waals surface area contributed by atoms with Crippen molar-refractivity contribution in [1.82, 2.24) is 15.1 Å². The lowest BCUT2D eigenvalue weighted by Crippen LogP contribution is -2.14. The molecule has 0 aliphatic carbocycles. The van der Waals surface area contributed by atoms with E-state index in [-0.39, 0.29) is 5.82 Å². The molecule has 0 spiro atoms. The van der Waals surface area contributed by atoms with Crippen molar-refractivity contribution >= 4 is 0 Å². The van der Waals surface area contributed by atoms with Crippen LogP contribution in [0.15, 0.2) is 30.5 Å². The zero-order chi connectivity index (χ0) is 13.8. The Hall–Kier alpha value is -1.68. The zero-order valence-corrected chi connectivity index (χ0v) is 11.7. The average molecular weight is 261 g/mol. The van der Waals surface area contributed by atoms with Crippen LogP contribution in [-0.4, -0.2) is 9.78 Å². The van der Waals surface area contributed by atoms with Crippen LogP contribution in [0, 0.1) is 5.82 Å². The van der Waals surface area contributed by atoms with Gasteiger partial charge in [0.15, 0.2) is 0 Å². The lowest BCUT2D eigenvalue weighted by molar-refractivity contribution is 0.586. The summed E-state index contributed by atoms with van der Waals surface area (Å²) in [6.07, 6.45) is 2.02. The maximum atomic E-state index is 13.5. The first-order valence-electron chi connectivity index (χ1n) is 6.54. The lowest BCUT2D eigenvalue weighted by Gasteiger charge is -2.07. The highest BCUT2D eigenvalue weighted by molar-refractivity contribution is 5.21. The van der Waals surface area contributed by atoms with Crippen LogP contribution in [0.3, 0.4) is 0 Å². The van der Waals surface area contributed by atoms with Crippen molar-refractivity contribution in [2.24, 2.45) is 7.05 Å². The smallest absolute Gasteiger partial charge is 0.127 e. The Morgan fingerprint density at radius 2 is 1.89 bits per heavy atom. The molecule has 2 rings (SSSR count). The van der Waals surface area contributed by atoms with Gasteiger partial charge >= 0.3 is 0 Å². The molecule has 0 radical (unpaired) electrons. The number of hydrogen-bond donors (Lipinski definition) is 1. The number of aryl methyl sites for hydroxylation is 1. The number of rotatable bonds is 5. The number of halogens is 1. The summed E-state index contributed by atoms with van der Waals surface area (Å²) in [7, 11) is 1.92. The van der Waals surface area contributed by atoms with E-state index in [2.05, 4.69) is 24.3 Å². The summed E-state index contributed by atoms with van der Waals surface area (Å²) < 4.78 is 15.3. The Bertz CT molecular complexity index is 546. The summed E-state index contributed by atoms with van der Waals surface area (Å²) in [5.74, 6) is 0.233. The molecule has 0 saturated carbocycles. The lowest BCUT2D eigenvalue weighted by atomic mass is 10.1. The normalized spacial score (nSPS) is 11.2. The van der Waals surface area contributed by atoms with Gasteiger partial charge in [0.05, 0.1) is 5.69 Å². The molecule has 0 amide bonds. The van der Waals surface area contributed by atoms with Crippen LogP contribution >= 0.6 is 0 Å². The van der Waals surface area contributed by atoms with E-state index in [0.717, 1.165) is 5.69 Å². The van der Waals surface area contributed by atoms with E-state index < -0.39 is 0 Å². The summed E-state index contributed by atoms with van der Waals surface area (Å²) in [6, 6.07) is 6.84. The molecule has 0 bridgehead atoms. The Morgan fingerprint density at radius 3 is 2.58 bits per heavy atom. The second-order valence-corrected chi connectivity index (χ2v) is 5.06. The third-order valence-corrected chi connectivity index (χ3v) is 3.07. The number of hydrogen-bond acceptors (Lipinski definition) is 2. The van der Waals surface area contributed by atoms with Crippen molar-refractivity contribution in [1.29, 1.82) is 0 Å². The molecule has 3 nitrogen and oxygen atoms in total. The molecule has 1 heterocycles. The largest absolute Gasteiger partial charge is 0.308 e. The molecule has 1 aromatic carbocycles. The molecule has 102 valence electrons. The van der Waals surface area contributed by atoms with E-state index in [1.807, 2.05) is 24.0 Å². The van der Waals surface area contributed by atoms with Crippen molar-refractivity contribution < 1.29 is 4.39 Å². The zero-order valence-electron chi connectivity index (χ0n) is 11.7. The molecular formula is C15H20FN3. The Kier molecular flexibility index (Phi) is 4.32. The minimum Gasteiger partial charge on any atom is -0.308 e. The minimum atomic E-state index is -0.162. The highest BCUT2D eigenvalue weighted by atomic mass is 19.1. The summed E-state index contributed by atoms with van der Waals surface area (Å²) in [5, 5.41) is 7.73. The van der Waals surface area contributed by atoms with Crippen LogP contribution in [0.5, 0.6) is 0 Å². The van der Waals surface area contributed by atoms with Gasteiger partial charge in [-0.15, -0.1) is 0 Å². The maximum absolute atomic E-state index is 13.5. The summed E-state index contributed by atoms with van der Waals surface area (Å²) >= 11 is 0. The van der Waals surface area contributed by atoms with Gasteiger partial charge in [-0.2, -0.15) is 5.10 Å². The Morgan fingerprint density at radius 1 is 1.21 bits per heavy atom. The minimum absolute atomic E-state index is 0.162. The fraction of sp³-hybridized carbons (Fsp3) is 0.400. The van der Waals surface area contributed by atoms with Crippen LogP contribution in [0.2, 0.25) is 0 Å². The topological polar surface area (TPSA) is 29.9 Å². The van der Waals surface area contributed by atoms with Gasteiger partial charge in [-0.05, 0) is 12.0 Å². The van der Waals surface area contributed by atoms with E-state index in [1.54, 1.807) is 12.1 Å². The van der Waals surface area contributed by atoms with Gasteiger partial charge in [0.2, 0.25) is 0 Å². The quantitative estimate of drug-likeness (QED) is 0.896. The van der Waals surface area contributed by atoms with Crippen LogP contribution in [-0.2, 0) is 20.1 Å². The van der Waals surface area contributed by atoms with E-state index in [1.165, 1.54) is 11.6 Å². The van der Waals surface area contributed by atoms with E-state index in [4.69, 9.17) is 0 Å². The molecular weight excluding hydrogens is 241 g/mol. The molecule has 1 N–H and O–H groups in total. The van der Waals surface area contributed by atoms with Crippen LogP contribution < -0.4 is 5.32 Å². The first-order chi connectivity index (χ1) is 9.08. The third-order valence-electron chi connectivity index (χ3n) is 3.07. The van der Waals surface area contributed by atoms with Gasteiger partial charge < -0.3 is 5.32 Å².